The molecule has 0 saturated carbocycles. The topological polar surface area (TPSA) is 154 Å². The third-order valence-electron chi connectivity index (χ3n) is 4.59. The van der Waals surface area contributed by atoms with Gasteiger partial charge in [0.05, 0.1) is 22.3 Å². The zero-order valence-electron chi connectivity index (χ0n) is 15.3. The normalized spacial score (nSPS) is 12.1. The molecule has 0 bridgehead atoms. The van der Waals surface area contributed by atoms with Crippen molar-refractivity contribution in [3.8, 4) is 29.1 Å². The van der Waals surface area contributed by atoms with E-state index in [0.717, 1.165) is 0 Å². The molecule has 0 fully saturated rings. The van der Waals surface area contributed by atoms with Crippen molar-refractivity contribution in [3.63, 3.8) is 0 Å². The van der Waals surface area contributed by atoms with Gasteiger partial charge in [-0.15, -0.1) is 0 Å². The first kappa shape index (κ1) is 17.5. The van der Waals surface area contributed by atoms with Crippen LogP contribution in [0.4, 0.5) is 11.5 Å². The summed E-state index contributed by atoms with van der Waals surface area (Å²) in [5.41, 5.74) is 8.00. The molecule has 0 spiro atoms. The predicted octanol–water partition coefficient (Wildman–Crippen LogP) is 1.91. The number of nitrogens with one attached hydrogen (secondary N) is 1. The molecule has 1 aliphatic heterocycles. The van der Waals surface area contributed by atoms with Crippen LogP contribution in [-0.2, 0) is 11.3 Å². The number of aromatic nitrogens is 4. The number of hydrogen-bond acceptors (Lipinski definition) is 9. The van der Waals surface area contributed by atoms with E-state index in [-0.39, 0.29) is 36.3 Å². The quantitative estimate of drug-likeness (QED) is 0.520. The highest BCUT2D eigenvalue weighted by molar-refractivity contribution is 5.94. The maximum Gasteiger partial charge on any atom is 0.244 e. The number of nitrogens with two attached hydrogens (primary N) is 1. The molecule has 3 N–H and O–H groups in total. The molecule has 0 saturated heterocycles. The van der Waals surface area contributed by atoms with E-state index in [1.807, 2.05) is 30.3 Å². The Morgan fingerprint density at radius 2 is 2.03 bits per heavy atom. The molecule has 5 rings (SSSR count). The maximum absolute atomic E-state index is 12.9. The lowest BCUT2D eigenvalue weighted by Gasteiger charge is -2.11. The van der Waals surface area contributed by atoms with Crippen molar-refractivity contribution in [2.24, 2.45) is 0 Å². The second-order valence-electron chi connectivity index (χ2n) is 6.42. The van der Waals surface area contributed by atoms with Crippen LogP contribution >= 0.6 is 0 Å². The molecular weight excluding hydrogens is 390 g/mol. The number of para-hydroxylation sites is 2. The summed E-state index contributed by atoms with van der Waals surface area (Å²) in [4.78, 5) is 17.4. The number of rotatable bonds is 4. The second-order valence-corrected chi connectivity index (χ2v) is 6.42. The average Bonchev–Trinajstić information content (AvgIpc) is 3.46. The van der Waals surface area contributed by atoms with Gasteiger partial charge in [-0.1, -0.05) is 12.1 Å². The number of imidazole rings is 1. The van der Waals surface area contributed by atoms with Crippen molar-refractivity contribution < 1.29 is 18.9 Å². The zero-order valence-corrected chi connectivity index (χ0v) is 15.3. The number of benzene rings is 2. The zero-order chi connectivity index (χ0) is 20.7. The standard InChI is InChI=1S/C19H13N7O4/c20-7-10-5-14-15(29-9-28-14)6-12(10)22-16(27)8-26-13-4-2-1-3-11(13)23-19(26)17-18(21)25-30-24-17/h1-6H,8-9H2,(H2,21,25)(H,22,27). The van der Waals surface area contributed by atoms with E-state index in [1.165, 1.54) is 6.07 Å². The van der Waals surface area contributed by atoms with E-state index >= 15 is 0 Å². The minimum atomic E-state index is -0.384. The van der Waals surface area contributed by atoms with Crippen molar-refractivity contribution in [2.75, 3.05) is 17.8 Å². The molecule has 30 heavy (non-hydrogen) atoms. The van der Waals surface area contributed by atoms with Crippen LogP contribution in [0.5, 0.6) is 11.5 Å². The number of fused-ring (bicyclic) bond motifs is 2. The number of nitriles is 1. The number of anilines is 2. The number of ether oxygens (including phenoxy) is 2. The van der Waals surface area contributed by atoms with Crippen LogP contribution in [0, 0.1) is 11.3 Å². The molecule has 11 nitrogen and oxygen atoms in total. The highest BCUT2D eigenvalue weighted by Crippen LogP contribution is 2.37. The lowest BCUT2D eigenvalue weighted by atomic mass is 10.1. The monoisotopic (exact) mass is 403 g/mol. The summed E-state index contributed by atoms with van der Waals surface area (Å²) in [6.07, 6.45) is 0. The lowest BCUT2D eigenvalue weighted by Crippen LogP contribution is -2.20. The molecule has 1 aliphatic rings. The van der Waals surface area contributed by atoms with E-state index in [2.05, 4.69) is 25.2 Å². The first-order valence-electron chi connectivity index (χ1n) is 8.81. The van der Waals surface area contributed by atoms with E-state index in [4.69, 9.17) is 15.2 Å². The molecule has 4 aromatic rings. The molecular formula is C19H13N7O4. The SMILES string of the molecule is N#Cc1cc2c(cc1NC(=O)Cn1c(-c3nonc3N)nc3ccccc31)OCO2. The Kier molecular flexibility index (Phi) is 3.96. The molecule has 2 aromatic heterocycles. The van der Waals surface area contributed by atoms with Crippen molar-refractivity contribution >= 4 is 28.4 Å². The van der Waals surface area contributed by atoms with Gasteiger partial charge in [0.1, 0.15) is 12.6 Å². The molecule has 0 aliphatic carbocycles. The van der Waals surface area contributed by atoms with E-state index < -0.39 is 0 Å². The third-order valence-corrected chi connectivity index (χ3v) is 4.59. The minimum Gasteiger partial charge on any atom is -0.454 e. The number of hydrogen-bond donors (Lipinski definition) is 2. The highest BCUT2D eigenvalue weighted by Gasteiger charge is 2.22. The fraction of sp³-hybridized carbons (Fsp3) is 0.105. The molecule has 0 atom stereocenters. The lowest BCUT2D eigenvalue weighted by molar-refractivity contribution is -0.116. The summed E-state index contributed by atoms with van der Waals surface area (Å²) in [5, 5.41) is 19.5. The van der Waals surface area contributed by atoms with Crippen LogP contribution < -0.4 is 20.5 Å². The molecule has 1 amide bonds. The largest absolute Gasteiger partial charge is 0.454 e. The van der Waals surface area contributed by atoms with E-state index in [0.29, 0.717) is 34.0 Å². The van der Waals surface area contributed by atoms with Gasteiger partial charge in [-0.2, -0.15) is 5.26 Å². The Balaban J connectivity index is 1.50. The number of amides is 1. The Labute approximate surface area is 168 Å². The molecule has 148 valence electrons. The summed E-state index contributed by atoms with van der Waals surface area (Å²) in [7, 11) is 0. The van der Waals surface area contributed by atoms with Gasteiger partial charge >= 0.3 is 0 Å². The molecule has 2 aromatic carbocycles. The van der Waals surface area contributed by atoms with Gasteiger partial charge in [-0.05, 0) is 22.4 Å². The van der Waals surface area contributed by atoms with Gasteiger partial charge in [-0.25, -0.2) is 9.61 Å². The number of nitrogens with zero attached hydrogens (tertiary/aromatic N) is 5. The smallest absolute Gasteiger partial charge is 0.244 e. The Hall–Kier alpha value is -4.59. The Morgan fingerprint density at radius 3 is 2.80 bits per heavy atom. The van der Waals surface area contributed by atoms with Crippen molar-refractivity contribution in [1.29, 1.82) is 5.26 Å². The highest BCUT2D eigenvalue weighted by atomic mass is 16.7. The van der Waals surface area contributed by atoms with Gasteiger partial charge in [0.2, 0.25) is 12.7 Å². The molecule has 0 unspecified atom stereocenters. The molecule has 11 heteroatoms. The Bertz CT molecular complexity index is 1330. The van der Waals surface area contributed by atoms with E-state index in [9.17, 15) is 10.1 Å². The summed E-state index contributed by atoms with van der Waals surface area (Å²) in [6.45, 7) is -0.0450. The summed E-state index contributed by atoms with van der Waals surface area (Å²) < 4.78 is 16.9. The fourth-order valence-electron chi connectivity index (χ4n) is 3.24. The number of nitrogen functional groups attached to an aromatic ring is 1. The average molecular weight is 403 g/mol. The minimum absolute atomic E-state index is 0.0644. The van der Waals surface area contributed by atoms with Gasteiger partial charge in [0.25, 0.3) is 0 Å². The first-order chi connectivity index (χ1) is 14.6. The van der Waals surface area contributed by atoms with Crippen molar-refractivity contribution in [1.82, 2.24) is 19.9 Å². The predicted molar refractivity (Wildman–Crippen MR) is 103 cm³/mol. The maximum atomic E-state index is 12.9. The van der Waals surface area contributed by atoms with Crippen LogP contribution in [0.1, 0.15) is 5.56 Å². The molecule has 3 heterocycles. The van der Waals surface area contributed by atoms with Gasteiger partial charge in [-0.3, -0.25) is 4.79 Å². The summed E-state index contributed by atoms with van der Waals surface area (Å²) in [5.74, 6) is 0.941. The third kappa shape index (κ3) is 2.83. The number of carbonyl (C=O) groups excluding carboxylic acids is 1. The summed E-state index contributed by atoms with van der Waals surface area (Å²) in [6, 6.07) is 12.4. The van der Waals surface area contributed by atoms with Crippen LogP contribution in [0.15, 0.2) is 41.0 Å². The first-order valence-corrected chi connectivity index (χ1v) is 8.81. The van der Waals surface area contributed by atoms with Crippen LogP contribution in [0.25, 0.3) is 22.6 Å². The van der Waals surface area contributed by atoms with Gasteiger partial charge in [0, 0.05) is 12.1 Å². The van der Waals surface area contributed by atoms with Crippen LogP contribution in [0.2, 0.25) is 0 Å². The van der Waals surface area contributed by atoms with Gasteiger partial charge in [0.15, 0.2) is 28.8 Å². The second kappa shape index (κ2) is 6.78. The fourth-order valence-corrected chi connectivity index (χ4v) is 3.24. The number of carbonyl (C=O) groups is 1. The van der Waals surface area contributed by atoms with Gasteiger partial charge < -0.3 is 25.1 Å². The van der Waals surface area contributed by atoms with Crippen molar-refractivity contribution in [2.45, 2.75) is 6.54 Å². The van der Waals surface area contributed by atoms with Crippen LogP contribution in [0.3, 0.4) is 0 Å². The summed E-state index contributed by atoms with van der Waals surface area (Å²) >= 11 is 0. The molecule has 0 radical (unpaired) electrons. The van der Waals surface area contributed by atoms with Crippen molar-refractivity contribution in [3.05, 3.63) is 42.0 Å². The van der Waals surface area contributed by atoms with Crippen LogP contribution in [-0.4, -0.2) is 32.6 Å². The Morgan fingerprint density at radius 1 is 1.23 bits per heavy atom. The van der Waals surface area contributed by atoms with E-state index in [1.54, 1.807) is 10.6 Å².